The van der Waals surface area contributed by atoms with E-state index < -0.39 is 11.5 Å². The van der Waals surface area contributed by atoms with Gasteiger partial charge in [0, 0.05) is 11.4 Å². The summed E-state index contributed by atoms with van der Waals surface area (Å²) in [4.78, 5) is 25.5. The Morgan fingerprint density at radius 2 is 1.81 bits per heavy atom. The number of para-hydroxylation sites is 1. The first-order chi connectivity index (χ1) is 13.1. The lowest BCUT2D eigenvalue weighted by molar-refractivity contribution is -0.135. The molecule has 27 heavy (non-hydrogen) atoms. The molecule has 1 atom stereocenters. The van der Waals surface area contributed by atoms with Gasteiger partial charge in [0.2, 0.25) is 5.91 Å². The molecule has 2 aromatic carbocycles. The van der Waals surface area contributed by atoms with Crippen LogP contribution in [0.2, 0.25) is 5.02 Å². The third kappa shape index (κ3) is 3.39. The molecule has 1 aliphatic carbocycles. The summed E-state index contributed by atoms with van der Waals surface area (Å²) in [5, 5.41) is 0.604. The van der Waals surface area contributed by atoms with Crippen molar-refractivity contribution in [3.05, 3.63) is 64.7 Å². The predicted octanol–water partition coefficient (Wildman–Crippen LogP) is 3.30. The Balaban J connectivity index is 1.43. The average molecular weight is 385 g/mol. The fraction of sp³-hybridized carbons (Fsp3) is 0.333. The maximum absolute atomic E-state index is 13.0. The number of carbonyl (C=O) groups is 2. The van der Waals surface area contributed by atoms with Gasteiger partial charge in [0.1, 0.15) is 5.75 Å². The highest BCUT2D eigenvalue weighted by Crippen LogP contribution is 2.42. The molecule has 140 valence electrons. The molecular weight excluding hydrogens is 364 g/mol. The largest absolute Gasteiger partial charge is 0.480 e. The topological polar surface area (TPSA) is 67.4 Å². The summed E-state index contributed by atoms with van der Waals surface area (Å²) >= 11 is 6.13. The van der Waals surface area contributed by atoms with Crippen LogP contribution in [-0.2, 0) is 21.4 Å². The molecule has 0 saturated heterocycles. The molecule has 0 aromatic heterocycles. The SMILES string of the molecule is O=C(NNC(=O)C1(c2cccc(Cl)c2)CCCC1)C1Cc2ccccc2O1. The minimum Gasteiger partial charge on any atom is -0.480 e. The Morgan fingerprint density at radius 3 is 2.56 bits per heavy atom. The van der Waals surface area contributed by atoms with Crippen LogP contribution in [0.1, 0.15) is 36.8 Å². The number of rotatable bonds is 3. The van der Waals surface area contributed by atoms with Crippen molar-refractivity contribution < 1.29 is 14.3 Å². The number of hydrogen-bond donors (Lipinski definition) is 2. The molecule has 0 spiro atoms. The van der Waals surface area contributed by atoms with Crippen molar-refractivity contribution in [3.63, 3.8) is 0 Å². The summed E-state index contributed by atoms with van der Waals surface area (Å²) in [6.07, 6.45) is 3.27. The number of fused-ring (bicyclic) bond motifs is 1. The molecule has 1 fully saturated rings. The first-order valence-corrected chi connectivity index (χ1v) is 9.57. The van der Waals surface area contributed by atoms with Crippen LogP contribution >= 0.6 is 11.6 Å². The zero-order valence-corrected chi connectivity index (χ0v) is 15.6. The first-order valence-electron chi connectivity index (χ1n) is 9.19. The van der Waals surface area contributed by atoms with Crippen molar-refractivity contribution in [2.45, 2.75) is 43.6 Å². The van der Waals surface area contributed by atoms with E-state index in [1.807, 2.05) is 42.5 Å². The Morgan fingerprint density at radius 1 is 1.04 bits per heavy atom. The van der Waals surface area contributed by atoms with E-state index in [9.17, 15) is 9.59 Å². The van der Waals surface area contributed by atoms with Crippen LogP contribution in [0, 0.1) is 0 Å². The highest BCUT2D eigenvalue weighted by atomic mass is 35.5. The molecule has 2 amide bonds. The van der Waals surface area contributed by atoms with Gasteiger partial charge in [-0.1, -0.05) is 54.8 Å². The van der Waals surface area contributed by atoms with Gasteiger partial charge in [-0.2, -0.15) is 0 Å². The van der Waals surface area contributed by atoms with Crippen molar-refractivity contribution in [1.29, 1.82) is 0 Å². The van der Waals surface area contributed by atoms with E-state index in [-0.39, 0.29) is 11.8 Å². The van der Waals surface area contributed by atoms with E-state index in [0.717, 1.165) is 42.6 Å². The first kappa shape index (κ1) is 17.9. The Bertz CT molecular complexity index is 852. The van der Waals surface area contributed by atoms with Crippen molar-refractivity contribution in [2.24, 2.45) is 0 Å². The van der Waals surface area contributed by atoms with E-state index in [1.165, 1.54) is 0 Å². The van der Waals surface area contributed by atoms with Crippen LogP contribution < -0.4 is 15.6 Å². The van der Waals surface area contributed by atoms with E-state index in [1.54, 1.807) is 6.07 Å². The molecule has 2 aliphatic rings. The number of hydrazine groups is 1. The van der Waals surface area contributed by atoms with Gasteiger partial charge in [0.05, 0.1) is 5.41 Å². The lowest BCUT2D eigenvalue weighted by atomic mass is 9.78. The highest BCUT2D eigenvalue weighted by molar-refractivity contribution is 6.30. The lowest BCUT2D eigenvalue weighted by Crippen LogP contribution is -2.53. The molecule has 0 radical (unpaired) electrons. The normalized spacial score (nSPS) is 19.8. The summed E-state index contributed by atoms with van der Waals surface area (Å²) in [5.74, 6) is 0.167. The third-order valence-corrected chi connectivity index (χ3v) is 5.74. The number of ether oxygens (including phenoxy) is 1. The maximum atomic E-state index is 13.0. The van der Waals surface area contributed by atoms with Crippen LogP contribution in [0.3, 0.4) is 0 Å². The van der Waals surface area contributed by atoms with Crippen LogP contribution in [-0.4, -0.2) is 17.9 Å². The molecule has 2 aromatic rings. The second-order valence-corrected chi connectivity index (χ2v) is 7.60. The number of amides is 2. The van der Waals surface area contributed by atoms with Gasteiger partial charge < -0.3 is 4.74 Å². The number of hydrogen-bond acceptors (Lipinski definition) is 3. The van der Waals surface area contributed by atoms with Crippen molar-refractivity contribution >= 4 is 23.4 Å². The van der Waals surface area contributed by atoms with Gasteiger partial charge in [-0.15, -0.1) is 0 Å². The fourth-order valence-corrected chi connectivity index (χ4v) is 4.25. The highest BCUT2D eigenvalue weighted by Gasteiger charge is 2.43. The van der Waals surface area contributed by atoms with Gasteiger partial charge in [-0.3, -0.25) is 20.4 Å². The molecule has 1 saturated carbocycles. The minimum atomic E-state index is -0.655. The molecule has 1 aliphatic heterocycles. The molecule has 1 heterocycles. The summed E-state index contributed by atoms with van der Waals surface area (Å²) < 4.78 is 5.67. The van der Waals surface area contributed by atoms with Gasteiger partial charge in [-0.05, 0) is 42.2 Å². The predicted molar refractivity (Wildman–Crippen MR) is 102 cm³/mol. The van der Waals surface area contributed by atoms with E-state index in [4.69, 9.17) is 16.3 Å². The molecule has 0 bridgehead atoms. The van der Waals surface area contributed by atoms with Crippen LogP contribution in [0.4, 0.5) is 0 Å². The quantitative estimate of drug-likeness (QED) is 0.798. The summed E-state index contributed by atoms with van der Waals surface area (Å²) in [5.41, 5.74) is 6.41. The smallest absolute Gasteiger partial charge is 0.279 e. The fourth-order valence-electron chi connectivity index (χ4n) is 4.06. The Hall–Kier alpha value is -2.53. The van der Waals surface area contributed by atoms with Gasteiger partial charge in [0.15, 0.2) is 6.10 Å². The van der Waals surface area contributed by atoms with Crippen molar-refractivity contribution in [2.75, 3.05) is 0 Å². The van der Waals surface area contributed by atoms with Gasteiger partial charge >= 0.3 is 0 Å². The van der Waals surface area contributed by atoms with Crippen LogP contribution in [0.15, 0.2) is 48.5 Å². The van der Waals surface area contributed by atoms with Gasteiger partial charge in [-0.25, -0.2) is 0 Å². The third-order valence-electron chi connectivity index (χ3n) is 5.51. The number of benzene rings is 2. The zero-order chi connectivity index (χ0) is 18.9. The Kier molecular flexibility index (Phi) is 4.79. The molecular formula is C21H21ClN2O3. The van der Waals surface area contributed by atoms with Crippen molar-refractivity contribution in [3.8, 4) is 5.75 Å². The zero-order valence-electron chi connectivity index (χ0n) is 14.8. The average Bonchev–Trinajstić information content (AvgIpc) is 3.33. The molecule has 6 heteroatoms. The molecule has 4 rings (SSSR count). The van der Waals surface area contributed by atoms with Gasteiger partial charge in [0.25, 0.3) is 5.91 Å². The van der Waals surface area contributed by atoms with E-state index >= 15 is 0 Å². The molecule has 2 N–H and O–H groups in total. The lowest BCUT2D eigenvalue weighted by Gasteiger charge is -2.28. The second kappa shape index (κ2) is 7.24. The summed E-state index contributed by atoms with van der Waals surface area (Å²) in [6.45, 7) is 0. The summed E-state index contributed by atoms with van der Waals surface area (Å²) in [7, 11) is 0. The van der Waals surface area contributed by atoms with Crippen molar-refractivity contribution in [1.82, 2.24) is 10.9 Å². The molecule has 5 nitrogen and oxygen atoms in total. The maximum Gasteiger partial charge on any atom is 0.279 e. The number of halogens is 1. The number of nitrogens with one attached hydrogen (secondary N) is 2. The summed E-state index contributed by atoms with van der Waals surface area (Å²) in [6, 6.07) is 15.0. The van der Waals surface area contributed by atoms with Crippen LogP contribution in [0.25, 0.3) is 0 Å². The minimum absolute atomic E-state index is 0.203. The van der Waals surface area contributed by atoms with Crippen LogP contribution in [0.5, 0.6) is 5.75 Å². The van der Waals surface area contributed by atoms with E-state index in [2.05, 4.69) is 10.9 Å². The monoisotopic (exact) mass is 384 g/mol. The molecule has 1 unspecified atom stereocenters. The second-order valence-electron chi connectivity index (χ2n) is 7.16. The standard InChI is InChI=1S/C21H21ClN2O3/c22-16-8-5-7-15(13-16)21(10-3-4-11-21)20(26)24-23-19(25)18-12-14-6-1-2-9-17(14)27-18/h1-2,5-9,13,18H,3-4,10-12H2,(H,23,25)(H,24,26). The Labute approximate surface area is 163 Å². The van der Waals surface area contributed by atoms with E-state index in [0.29, 0.717) is 11.4 Å². The number of carbonyl (C=O) groups excluding carboxylic acids is 2.